The number of rotatable bonds is 2. The lowest BCUT2D eigenvalue weighted by Gasteiger charge is -2.16. The van der Waals surface area contributed by atoms with Crippen LogP contribution in [0.25, 0.3) is 0 Å². The maximum absolute atomic E-state index is 10.3. The van der Waals surface area contributed by atoms with Gasteiger partial charge in [-0.1, -0.05) is 36.4 Å². The molecule has 25 heavy (non-hydrogen) atoms. The van der Waals surface area contributed by atoms with Gasteiger partial charge in [-0.25, -0.2) is 0 Å². The number of hydrogen-bond acceptors (Lipinski definition) is 4. The first-order chi connectivity index (χ1) is 12.2. The first-order valence-corrected chi connectivity index (χ1v) is 8.99. The summed E-state index contributed by atoms with van der Waals surface area (Å²) in [5.74, 6) is 0.507. The highest BCUT2D eigenvalue weighted by atomic mass is 32.2. The van der Waals surface area contributed by atoms with Crippen LogP contribution < -0.4 is 0 Å². The summed E-state index contributed by atoms with van der Waals surface area (Å²) in [6.45, 7) is 0. The van der Waals surface area contributed by atoms with Gasteiger partial charge in [0.1, 0.15) is 11.5 Å². The van der Waals surface area contributed by atoms with Gasteiger partial charge in [0, 0.05) is 22.1 Å². The fourth-order valence-corrected chi connectivity index (χ4v) is 4.21. The molecule has 2 N–H and O–H groups in total. The van der Waals surface area contributed by atoms with Crippen LogP contribution in [0.2, 0.25) is 0 Å². The Bertz CT molecular complexity index is 935. The Morgan fingerprint density at radius 2 is 1.56 bits per heavy atom. The first kappa shape index (κ1) is 15.8. The van der Waals surface area contributed by atoms with Gasteiger partial charge in [-0.15, -0.1) is 11.8 Å². The van der Waals surface area contributed by atoms with E-state index in [0.29, 0.717) is 6.42 Å². The predicted molar refractivity (Wildman–Crippen MR) is 102 cm³/mol. The molecule has 124 valence electrons. The van der Waals surface area contributed by atoms with Gasteiger partial charge < -0.3 is 10.2 Å². The molecule has 1 aliphatic heterocycles. The van der Waals surface area contributed by atoms with E-state index in [1.165, 1.54) is 0 Å². The summed E-state index contributed by atoms with van der Waals surface area (Å²) in [5.41, 5.74) is 3.69. The van der Waals surface area contributed by atoms with Crippen LogP contribution >= 0.6 is 11.8 Å². The second-order valence-electron chi connectivity index (χ2n) is 5.95. The fourth-order valence-electron chi connectivity index (χ4n) is 2.97. The van der Waals surface area contributed by atoms with E-state index >= 15 is 0 Å². The van der Waals surface area contributed by atoms with E-state index in [9.17, 15) is 10.2 Å². The number of fused-ring (bicyclic) bond motifs is 1. The smallest absolute Gasteiger partial charge is 0.124 e. The fraction of sp³-hybridized carbons (Fsp3) is 0.0952. The SMILES string of the molecule is Oc1ccc([C@H]2CC(c3ccccc3O)=Nc3ccccc3S2)cc1. The van der Waals surface area contributed by atoms with Crippen molar-refractivity contribution in [3.05, 3.63) is 83.9 Å². The van der Waals surface area contributed by atoms with Crippen molar-refractivity contribution < 1.29 is 10.2 Å². The molecule has 0 fully saturated rings. The number of benzene rings is 3. The lowest BCUT2D eigenvalue weighted by molar-refractivity contribution is 0.474. The minimum atomic E-state index is 0.155. The Hall–Kier alpha value is -2.72. The summed E-state index contributed by atoms with van der Waals surface area (Å²) in [4.78, 5) is 5.97. The van der Waals surface area contributed by atoms with Gasteiger partial charge in [0.25, 0.3) is 0 Å². The Morgan fingerprint density at radius 3 is 2.36 bits per heavy atom. The zero-order chi connectivity index (χ0) is 17.2. The van der Waals surface area contributed by atoms with Crippen molar-refractivity contribution in [3.8, 4) is 11.5 Å². The number of hydrogen-bond donors (Lipinski definition) is 2. The van der Waals surface area contributed by atoms with Crippen molar-refractivity contribution in [2.24, 2.45) is 4.99 Å². The zero-order valence-corrected chi connectivity index (χ0v) is 14.3. The van der Waals surface area contributed by atoms with Crippen LogP contribution in [0.5, 0.6) is 11.5 Å². The summed E-state index contributed by atoms with van der Waals surface area (Å²) >= 11 is 1.76. The number of aromatic hydroxyl groups is 2. The quantitative estimate of drug-likeness (QED) is 0.647. The molecule has 1 aliphatic rings. The number of aliphatic imine (C=N–C) groups is 1. The molecule has 0 saturated heterocycles. The molecule has 0 aliphatic carbocycles. The van der Waals surface area contributed by atoms with Crippen LogP contribution in [0, 0.1) is 0 Å². The van der Waals surface area contributed by atoms with Gasteiger partial charge in [0.2, 0.25) is 0 Å². The van der Waals surface area contributed by atoms with Crippen LogP contribution in [-0.2, 0) is 0 Å². The molecule has 3 nitrogen and oxygen atoms in total. The second-order valence-corrected chi connectivity index (χ2v) is 7.19. The van der Waals surface area contributed by atoms with Gasteiger partial charge >= 0.3 is 0 Å². The predicted octanol–water partition coefficient (Wildman–Crippen LogP) is 5.46. The van der Waals surface area contributed by atoms with E-state index in [1.807, 2.05) is 48.5 Å². The molecule has 0 aromatic heterocycles. The van der Waals surface area contributed by atoms with Gasteiger partial charge in [0.15, 0.2) is 0 Å². The topological polar surface area (TPSA) is 52.8 Å². The van der Waals surface area contributed by atoms with E-state index in [0.717, 1.165) is 27.4 Å². The minimum absolute atomic E-state index is 0.155. The molecular weight excluding hydrogens is 330 g/mol. The molecule has 0 spiro atoms. The maximum Gasteiger partial charge on any atom is 0.124 e. The third-order valence-electron chi connectivity index (χ3n) is 4.25. The van der Waals surface area contributed by atoms with Crippen LogP contribution in [0.4, 0.5) is 5.69 Å². The van der Waals surface area contributed by atoms with Crippen molar-refractivity contribution in [2.75, 3.05) is 0 Å². The van der Waals surface area contributed by atoms with Crippen LogP contribution in [0.3, 0.4) is 0 Å². The van der Waals surface area contributed by atoms with Crippen molar-refractivity contribution in [1.82, 2.24) is 0 Å². The van der Waals surface area contributed by atoms with Gasteiger partial charge in [-0.05, 0) is 42.0 Å². The average Bonchev–Trinajstić information content (AvgIpc) is 2.82. The zero-order valence-electron chi connectivity index (χ0n) is 13.5. The third-order valence-corrected chi connectivity index (χ3v) is 5.57. The Morgan fingerprint density at radius 1 is 0.840 bits per heavy atom. The number of para-hydroxylation sites is 2. The normalized spacial score (nSPS) is 16.6. The highest BCUT2D eigenvalue weighted by molar-refractivity contribution is 7.99. The minimum Gasteiger partial charge on any atom is -0.508 e. The second kappa shape index (κ2) is 6.65. The number of phenols is 2. The molecule has 3 aromatic carbocycles. The van der Waals surface area contributed by atoms with Gasteiger partial charge in [0.05, 0.1) is 11.4 Å². The molecule has 4 rings (SSSR count). The molecule has 1 atom stereocenters. The van der Waals surface area contributed by atoms with E-state index < -0.39 is 0 Å². The third kappa shape index (κ3) is 3.26. The monoisotopic (exact) mass is 347 g/mol. The van der Waals surface area contributed by atoms with E-state index in [1.54, 1.807) is 30.0 Å². The molecule has 1 heterocycles. The first-order valence-electron chi connectivity index (χ1n) is 8.11. The lowest BCUT2D eigenvalue weighted by atomic mass is 10.0. The number of nitrogens with zero attached hydrogens (tertiary/aromatic N) is 1. The molecule has 4 heteroatoms. The molecule has 3 aromatic rings. The van der Waals surface area contributed by atoms with Crippen LogP contribution in [0.15, 0.2) is 82.7 Å². The Labute approximate surface area is 150 Å². The number of phenolic OH excluding ortho intramolecular Hbond substituents is 2. The summed E-state index contributed by atoms with van der Waals surface area (Å²) < 4.78 is 0. The Balaban J connectivity index is 1.82. The summed E-state index contributed by atoms with van der Waals surface area (Å²) in [6.07, 6.45) is 0.696. The van der Waals surface area contributed by atoms with Crippen molar-refractivity contribution >= 4 is 23.2 Å². The summed E-state index contributed by atoms with van der Waals surface area (Å²) in [5, 5.41) is 20.0. The molecule has 0 radical (unpaired) electrons. The molecule has 0 amide bonds. The lowest BCUT2D eigenvalue weighted by Crippen LogP contribution is -2.05. The molecular formula is C21H17NO2S. The average molecular weight is 347 g/mol. The van der Waals surface area contributed by atoms with Gasteiger partial charge in [-0.3, -0.25) is 4.99 Å². The largest absolute Gasteiger partial charge is 0.508 e. The van der Waals surface area contributed by atoms with Crippen LogP contribution in [0.1, 0.15) is 22.8 Å². The molecule has 0 saturated carbocycles. The van der Waals surface area contributed by atoms with E-state index in [2.05, 4.69) is 6.07 Å². The highest BCUT2D eigenvalue weighted by Gasteiger charge is 2.23. The van der Waals surface area contributed by atoms with E-state index in [4.69, 9.17) is 4.99 Å². The van der Waals surface area contributed by atoms with Crippen molar-refractivity contribution in [3.63, 3.8) is 0 Å². The van der Waals surface area contributed by atoms with Crippen molar-refractivity contribution in [1.29, 1.82) is 0 Å². The molecule has 0 bridgehead atoms. The van der Waals surface area contributed by atoms with Gasteiger partial charge in [-0.2, -0.15) is 0 Å². The van der Waals surface area contributed by atoms with E-state index in [-0.39, 0.29) is 16.7 Å². The Kier molecular flexibility index (Phi) is 4.20. The highest BCUT2D eigenvalue weighted by Crippen LogP contribution is 2.46. The number of thioether (sulfide) groups is 1. The van der Waals surface area contributed by atoms with Crippen LogP contribution in [-0.4, -0.2) is 15.9 Å². The maximum atomic E-state index is 10.3. The molecule has 0 unspecified atom stereocenters. The summed E-state index contributed by atoms with van der Waals surface area (Å²) in [7, 11) is 0. The van der Waals surface area contributed by atoms with Crippen molar-refractivity contribution in [2.45, 2.75) is 16.6 Å². The standard InChI is InChI=1S/C21H17NO2S/c23-15-11-9-14(10-12-15)21-13-18(16-5-1-3-7-19(16)24)22-17-6-2-4-8-20(17)25-21/h1-12,21,23-24H,13H2/t21-/m1/s1. The summed E-state index contributed by atoms with van der Waals surface area (Å²) in [6, 6.07) is 22.7.